The first-order valence-corrected chi connectivity index (χ1v) is 25.7. The number of unbranched alkanes of at least 4 members (excludes halogenated alkanes) is 2. The maximum Gasteiger partial charge on any atom is 0.269 e. The highest BCUT2D eigenvalue weighted by molar-refractivity contribution is 6.03. The van der Waals surface area contributed by atoms with Gasteiger partial charge in [0.25, 0.3) is 11.4 Å². The van der Waals surface area contributed by atoms with Crippen molar-refractivity contribution in [3.05, 3.63) is 187 Å². The maximum absolute atomic E-state index is 15.4. The van der Waals surface area contributed by atoms with Gasteiger partial charge in [-0.25, -0.2) is 0 Å². The minimum atomic E-state index is -1.62. The molecular weight excluding hydrogens is 973 g/mol. The van der Waals surface area contributed by atoms with Crippen LogP contribution in [0.15, 0.2) is 139 Å². The SMILES string of the molecule is C=CCOC12Oc3ccc(Oc4ccc(C)c(C)c4)cc3C3C(CCCCO)C(CCCCO)C=C(C(=NOCc4ccc([N+](=O)[O-])cc4)CC1N(Cc1ccc4c(c1)OCO4)C(=O)C=Cc1ccc([N+](=O)[O-])cc1)C32. The largest absolute Gasteiger partial charge is 0.459 e. The fourth-order valence-electron chi connectivity index (χ4n) is 11.1. The van der Waals surface area contributed by atoms with Crippen molar-refractivity contribution in [2.45, 2.75) is 89.7 Å². The molecule has 0 saturated heterocycles. The number of oxime groups is 1. The zero-order valence-corrected chi connectivity index (χ0v) is 42.6. The molecule has 0 radical (unpaired) electrons. The Balaban J connectivity index is 1.24. The van der Waals surface area contributed by atoms with E-state index in [4.69, 9.17) is 33.7 Å². The van der Waals surface area contributed by atoms with Crippen molar-refractivity contribution >= 4 is 29.1 Å². The second kappa shape index (κ2) is 23.8. The van der Waals surface area contributed by atoms with Crippen molar-refractivity contribution in [2.75, 3.05) is 26.6 Å². The minimum Gasteiger partial charge on any atom is -0.459 e. The lowest BCUT2D eigenvalue weighted by atomic mass is 9.55. The molecule has 1 fully saturated rings. The van der Waals surface area contributed by atoms with Crippen LogP contribution < -0.4 is 18.9 Å². The van der Waals surface area contributed by atoms with E-state index in [-0.39, 0.29) is 75.3 Å². The van der Waals surface area contributed by atoms with Crippen LogP contribution in [0.2, 0.25) is 0 Å². The molecule has 4 aliphatic rings. The average molecular weight is 1040 g/mol. The Bertz CT molecular complexity index is 3030. The lowest BCUT2D eigenvalue weighted by molar-refractivity contribution is -0.385. The number of aliphatic hydroxyl groups is 2. The molecule has 6 atom stereocenters. The number of benzene rings is 5. The van der Waals surface area contributed by atoms with Gasteiger partial charge in [0.05, 0.1) is 28.1 Å². The predicted octanol–water partition coefficient (Wildman–Crippen LogP) is 11.2. The number of hydrogen-bond acceptors (Lipinski definition) is 14. The van der Waals surface area contributed by atoms with Gasteiger partial charge in [-0.3, -0.25) is 25.0 Å². The highest BCUT2D eigenvalue weighted by Crippen LogP contribution is 2.62. The first kappa shape index (κ1) is 53.0. The molecule has 76 heavy (non-hydrogen) atoms. The number of nitro benzene ring substituents is 2. The molecule has 1 amide bonds. The van der Waals surface area contributed by atoms with Crippen LogP contribution in [0, 0.1) is 51.8 Å². The quantitative estimate of drug-likeness (QED) is 0.0205. The summed E-state index contributed by atoms with van der Waals surface area (Å²) in [5.74, 6) is -0.313. The number of aryl methyl sites for hydroxylation is 2. The topological polar surface area (TPSA) is 215 Å². The van der Waals surface area contributed by atoms with E-state index in [2.05, 4.69) is 12.7 Å². The van der Waals surface area contributed by atoms with Crippen LogP contribution in [0.3, 0.4) is 0 Å². The molecule has 2 aliphatic heterocycles. The van der Waals surface area contributed by atoms with Crippen molar-refractivity contribution in [1.82, 2.24) is 4.90 Å². The van der Waals surface area contributed by atoms with E-state index in [0.717, 1.165) is 35.1 Å². The summed E-state index contributed by atoms with van der Waals surface area (Å²) in [6.07, 6.45) is 11.1. The Morgan fingerprint density at radius 2 is 1.49 bits per heavy atom. The molecule has 6 unspecified atom stereocenters. The summed E-state index contributed by atoms with van der Waals surface area (Å²) in [5, 5.41) is 48.2. The monoisotopic (exact) mass is 1030 g/mol. The standard InChI is InChI=1S/C59H62N4O13/c1-4-29-73-59-55(61(35-42-16-24-53-54(31-42)72-37-71-53)56(66)26-17-40-12-18-44(19-13-40)62(67)68)34-51(60-74-36-41-14-20-45(21-15-41)63(69)70)49-32-43(9-5-7-27-64)48(10-6-8-28-65)57(58(49)59)50-33-47(23-25-52(50)76-59)75-46-22-11-38(2)39(3)30-46/h4,11-26,30-33,43,48,55,57-58,64-65H,1,5-10,27-29,34-37H2,2-3H3. The van der Waals surface area contributed by atoms with E-state index in [9.17, 15) is 30.4 Å². The summed E-state index contributed by atoms with van der Waals surface area (Å²) in [6, 6.07) is 28.3. The number of carbonyl (C=O) groups is 1. The number of rotatable bonds is 23. The van der Waals surface area contributed by atoms with Crippen molar-refractivity contribution in [3.8, 4) is 28.7 Å². The Morgan fingerprint density at radius 3 is 2.20 bits per heavy atom. The van der Waals surface area contributed by atoms with Crippen LogP contribution >= 0.6 is 0 Å². The lowest BCUT2D eigenvalue weighted by Crippen LogP contribution is -2.70. The molecule has 0 spiro atoms. The Morgan fingerprint density at radius 1 is 0.816 bits per heavy atom. The summed E-state index contributed by atoms with van der Waals surface area (Å²) >= 11 is 0. The molecule has 5 aromatic carbocycles. The van der Waals surface area contributed by atoms with Crippen LogP contribution in [-0.2, 0) is 27.5 Å². The third-order valence-electron chi connectivity index (χ3n) is 14.9. The number of allylic oxidation sites excluding steroid dienone is 1. The molecule has 17 heteroatoms. The van der Waals surface area contributed by atoms with Crippen molar-refractivity contribution in [1.29, 1.82) is 0 Å². The van der Waals surface area contributed by atoms with E-state index >= 15 is 4.79 Å². The molecule has 2 N–H and O–H groups in total. The van der Waals surface area contributed by atoms with E-state index < -0.39 is 33.5 Å². The lowest BCUT2D eigenvalue weighted by Gasteiger charge is -2.60. The first-order valence-electron chi connectivity index (χ1n) is 25.7. The van der Waals surface area contributed by atoms with E-state index in [1.807, 2.05) is 62.4 Å². The predicted molar refractivity (Wildman–Crippen MR) is 284 cm³/mol. The Hall–Kier alpha value is -7.86. The van der Waals surface area contributed by atoms with Crippen LogP contribution in [0.25, 0.3) is 6.08 Å². The van der Waals surface area contributed by atoms with Gasteiger partial charge in [-0.05, 0) is 158 Å². The zero-order valence-electron chi connectivity index (χ0n) is 42.6. The third kappa shape index (κ3) is 11.5. The maximum atomic E-state index is 15.4. The van der Waals surface area contributed by atoms with Gasteiger partial charge >= 0.3 is 0 Å². The van der Waals surface area contributed by atoms with Crippen molar-refractivity contribution in [2.24, 2.45) is 22.9 Å². The molecule has 1 saturated carbocycles. The summed E-state index contributed by atoms with van der Waals surface area (Å²) in [5.41, 5.74) is 6.20. The van der Waals surface area contributed by atoms with Gasteiger partial charge in [0, 0.05) is 68.0 Å². The van der Waals surface area contributed by atoms with Crippen molar-refractivity contribution in [3.63, 3.8) is 0 Å². The molecule has 396 valence electrons. The van der Waals surface area contributed by atoms with Gasteiger partial charge in [-0.15, -0.1) is 6.58 Å². The highest BCUT2D eigenvalue weighted by atomic mass is 16.7. The molecule has 17 nitrogen and oxygen atoms in total. The number of amides is 1. The number of fused-ring (bicyclic) bond motifs is 3. The normalized spacial score (nSPS) is 21.5. The first-order chi connectivity index (χ1) is 36.9. The summed E-state index contributed by atoms with van der Waals surface area (Å²) in [4.78, 5) is 45.5. The highest BCUT2D eigenvalue weighted by Gasteiger charge is 2.65. The zero-order chi connectivity index (χ0) is 53.3. The molecule has 0 bridgehead atoms. The second-order valence-corrected chi connectivity index (χ2v) is 19.7. The van der Waals surface area contributed by atoms with Gasteiger partial charge < -0.3 is 43.6 Å². The molecule has 0 aromatic heterocycles. The van der Waals surface area contributed by atoms with Gasteiger partial charge in [-0.1, -0.05) is 42.3 Å². The van der Waals surface area contributed by atoms with Gasteiger partial charge in [0.2, 0.25) is 18.5 Å². The van der Waals surface area contributed by atoms with Gasteiger partial charge in [0.15, 0.2) is 11.5 Å². The van der Waals surface area contributed by atoms with Gasteiger partial charge in [-0.2, -0.15) is 0 Å². The smallest absolute Gasteiger partial charge is 0.269 e. The van der Waals surface area contributed by atoms with Crippen molar-refractivity contribution < 1.29 is 53.4 Å². The van der Waals surface area contributed by atoms with Crippen LogP contribution in [0.1, 0.15) is 84.2 Å². The number of aliphatic hydroxyl groups excluding tert-OH is 2. The molecular formula is C59H62N4O13. The Kier molecular flexibility index (Phi) is 16.6. The molecule has 9 rings (SSSR count). The number of nitrogens with zero attached hydrogens (tertiary/aromatic N) is 4. The fourth-order valence-corrected chi connectivity index (χ4v) is 11.1. The molecule has 2 aliphatic carbocycles. The number of ether oxygens (including phenoxy) is 5. The van der Waals surface area contributed by atoms with Crippen LogP contribution in [-0.4, -0.2) is 75.0 Å². The summed E-state index contributed by atoms with van der Waals surface area (Å²) in [6.45, 7) is 8.29. The molecule has 5 aromatic rings. The number of carbonyl (C=O) groups excluding carboxylic acids is 1. The second-order valence-electron chi connectivity index (χ2n) is 19.7. The third-order valence-corrected chi connectivity index (χ3v) is 14.9. The fraction of sp³-hybridized carbons (Fsp3) is 0.356. The van der Waals surface area contributed by atoms with Crippen LogP contribution in [0.5, 0.6) is 28.7 Å². The molecule has 2 heterocycles. The number of non-ortho nitro benzene ring substituents is 2. The number of nitro groups is 2. The van der Waals surface area contributed by atoms with E-state index in [1.165, 1.54) is 30.3 Å². The van der Waals surface area contributed by atoms with E-state index in [1.54, 1.807) is 47.4 Å². The summed E-state index contributed by atoms with van der Waals surface area (Å²) in [7, 11) is 0. The Labute approximate surface area is 440 Å². The van der Waals surface area contributed by atoms with Gasteiger partial charge in [0.1, 0.15) is 29.9 Å². The average Bonchev–Trinajstić information content (AvgIpc) is 4.01. The minimum absolute atomic E-state index is 0.0203. The van der Waals surface area contributed by atoms with E-state index in [0.29, 0.717) is 76.8 Å². The number of hydrogen-bond donors (Lipinski definition) is 2. The van der Waals surface area contributed by atoms with Crippen LogP contribution in [0.4, 0.5) is 11.4 Å². The summed E-state index contributed by atoms with van der Waals surface area (Å²) < 4.78 is 32.8.